The van der Waals surface area contributed by atoms with E-state index in [1.807, 2.05) is 35.2 Å². The molecule has 0 spiro atoms. The van der Waals surface area contributed by atoms with Gasteiger partial charge in [-0.3, -0.25) is 4.79 Å². The van der Waals surface area contributed by atoms with Gasteiger partial charge in [-0.25, -0.2) is 0 Å². The minimum Gasteiger partial charge on any atom is -0.378 e. The minimum absolute atomic E-state index is 0.133. The van der Waals surface area contributed by atoms with E-state index in [0.717, 1.165) is 23.1 Å². The van der Waals surface area contributed by atoms with Crippen LogP contribution in [0.15, 0.2) is 35.5 Å². The Morgan fingerprint density at radius 1 is 1.20 bits per heavy atom. The van der Waals surface area contributed by atoms with Crippen molar-refractivity contribution < 1.29 is 9.53 Å². The number of carbonyl (C=O) groups excluding carboxylic acids is 1. The molecule has 0 N–H and O–H groups in total. The SMILES string of the molecule is CC(C)Cn1c(SCC(=O)N2CCOCC2)nnc1-c1ccccc1. The van der Waals surface area contributed by atoms with E-state index in [-0.39, 0.29) is 5.91 Å². The highest BCUT2D eigenvalue weighted by Gasteiger charge is 2.20. The maximum absolute atomic E-state index is 12.4. The second kappa shape index (κ2) is 8.49. The highest BCUT2D eigenvalue weighted by atomic mass is 32.2. The maximum Gasteiger partial charge on any atom is 0.233 e. The predicted octanol–water partition coefficient (Wildman–Crippen LogP) is 2.55. The zero-order chi connectivity index (χ0) is 17.6. The van der Waals surface area contributed by atoms with Crippen LogP contribution in [0.4, 0.5) is 0 Å². The average molecular weight is 360 g/mol. The van der Waals surface area contributed by atoms with E-state index in [4.69, 9.17) is 4.74 Å². The van der Waals surface area contributed by atoms with Crippen LogP contribution in [0.25, 0.3) is 11.4 Å². The molecule has 1 saturated heterocycles. The normalized spacial score (nSPS) is 14.9. The molecule has 6 nitrogen and oxygen atoms in total. The Kier molecular flexibility index (Phi) is 6.09. The molecule has 0 atom stereocenters. The third kappa shape index (κ3) is 4.61. The van der Waals surface area contributed by atoms with E-state index < -0.39 is 0 Å². The number of nitrogens with zero attached hydrogens (tertiary/aromatic N) is 4. The quantitative estimate of drug-likeness (QED) is 0.741. The highest BCUT2D eigenvalue weighted by Crippen LogP contribution is 2.25. The lowest BCUT2D eigenvalue weighted by Crippen LogP contribution is -2.41. The molecule has 1 aromatic heterocycles. The number of hydrogen-bond acceptors (Lipinski definition) is 5. The van der Waals surface area contributed by atoms with E-state index in [2.05, 4.69) is 28.6 Å². The standard InChI is InChI=1S/C18H24N4O2S/c1-14(2)12-22-17(15-6-4-3-5-7-15)19-20-18(22)25-13-16(23)21-8-10-24-11-9-21/h3-7,14H,8-13H2,1-2H3. The Bertz CT molecular complexity index is 696. The van der Waals surface area contributed by atoms with Crippen LogP contribution in [0.1, 0.15) is 13.8 Å². The summed E-state index contributed by atoms with van der Waals surface area (Å²) in [4.78, 5) is 14.2. The first-order valence-electron chi connectivity index (χ1n) is 8.62. The van der Waals surface area contributed by atoms with Crippen LogP contribution in [0, 0.1) is 5.92 Å². The fourth-order valence-electron chi connectivity index (χ4n) is 2.76. The van der Waals surface area contributed by atoms with Gasteiger partial charge in [-0.05, 0) is 5.92 Å². The van der Waals surface area contributed by atoms with Gasteiger partial charge in [0.05, 0.1) is 19.0 Å². The van der Waals surface area contributed by atoms with Gasteiger partial charge in [-0.2, -0.15) is 0 Å². The summed E-state index contributed by atoms with van der Waals surface area (Å²) in [5, 5.41) is 9.52. The van der Waals surface area contributed by atoms with E-state index in [9.17, 15) is 4.79 Å². The second-order valence-corrected chi connectivity index (χ2v) is 7.40. The molecule has 1 aromatic carbocycles. The Hall–Kier alpha value is -1.86. The van der Waals surface area contributed by atoms with Gasteiger partial charge in [0.2, 0.25) is 5.91 Å². The number of rotatable bonds is 6. The van der Waals surface area contributed by atoms with Gasteiger partial charge in [0, 0.05) is 25.2 Å². The van der Waals surface area contributed by atoms with Crippen LogP contribution in [-0.4, -0.2) is 57.6 Å². The summed E-state index contributed by atoms with van der Waals surface area (Å²) in [5.74, 6) is 1.84. The number of ether oxygens (including phenoxy) is 1. The number of carbonyl (C=O) groups is 1. The molecule has 25 heavy (non-hydrogen) atoms. The second-order valence-electron chi connectivity index (χ2n) is 6.46. The monoisotopic (exact) mass is 360 g/mol. The average Bonchev–Trinajstić information content (AvgIpc) is 3.03. The lowest BCUT2D eigenvalue weighted by molar-refractivity contribution is -0.132. The van der Waals surface area contributed by atoms with Crippen LogP contribution in [0.2, 0.25) is 0 Å². The van der Waals surface area contributed by atoms with Crippen molar-refractivity contribution in [1.82, 2.24) is 19.7 Å². The van der Waals surface area contributed by atoms with Crippen molar-refractivity contribution in [3.05, 3.63) is 30.3 Å². The molecule has 0 aliphatic carbocycles. The molecule has 1 aliphatic rings. The molecule has 134 valence electrons. The Balaban J connectivity index is 1.74. The molecule has 2 heterocycles. The third-order valence-electron chi connectivity index (χ3n) is 3.99. The molecular formula is C18H24N4O2S. The first-order chi connectivity index (χ1) is 12.1. The molecule has 2 aromatic rings. The molecule has 0 saturated carbocycles. The number of thioether (sulfide) groups is 1. The highest BCUT2D eigenvalue weighted by molar-refractivity contribution is 7.99. The smallest absolute Gasteiger partial charge is 0.233 e. The minimum atomic E-state index is 0.133. The first-order valence-corrected chi connectivity index (χ1v) is 9.60. The number of hydrogen-bond donors (Lipinski definition) is 0. The maximum atomic E-state index is 12.4. The number of aromatic nitrogens is 3. The van der Waals surface area contributed by atoms with Gasteiger partial charge in [-0.15, -0.1) is 10.2 Å². The van der Waals surface area contributed by atoms with Crippen molar-refractivity contribution in [2.45, 2.75) is 25.5 Å². The van der Waals surface area contributed by atoms with Crippen LogP contribution in [0.5, 0.6) is 0 Å². The molecule has 1 amide bonds. The molecule has 0 radical (unpaired) electrons. The fourth-order valence-corrected chi connectivity index (χ4v) is 3.61. The lowest BCUT2D eigenvalue weighted by atomic mass is 10.2. The van der Waals surface area contributed by atoms with Crippen molar-refractivity contribution in [3.63, 3.8) is 0 Å². The largest absolute Gasteiger partial charge is 0.378 e. The molecule has 7 heteroatoms. The van der Waals surface area contributed by atoms with Crippen molar-refractivity contribution >= 4 is 17.7 Å². The van der Waals surface area contributed by atoms with E-state index in [1.165, 1.54) is 11.8 Å². The summed E-state index contributed by atoms with van der Waals surface area (Å²) >= 11 is 1.46. The predicted molar refractivity (Wildman–Crippen MR) is 98.4 cm³/mol. The summed E-state index contributed by atoms with van der Waals surface area (Å²) in [6.07, 6.45) is 0. The molecular weight excluding hydrogens is 336 g/mol. The van der Waals surface area contributed by atoms with Crippen LogP contribution in [0.3, 0.4) is 0 Å². The Morgan fingerprint density at radius 2 is 1.92 bits per heavy atom. The Labute approximate surface area is 152 Å². The summed E-state index contributed by atoms with van der Waals surface area (Å²) in [6, 6.07) is 10.1. The molecule has 3 rings (SSSR count). The summed E-state index contributed by atoms with van der Waals surface area (Å²) in [6.45, 7) is 7.76. The van der Waals surface area contributed by atoms with E-state index in [0.29, 0.717) is 38.0 Å². The number of amides is 1. The molecule has 1 aliphatic heterocycles. The third-order valence-corrected chi connectivity index (χ3v) is 4.94. The number of benzene rings is 1. The van der Waals surface area contributed by atoms with E-state index >= 15 is 0 Å². The van der Waals surface area contributed by atoms with Gasteiger partial charge in [0.1, 0.15) is 0 Å². The van der Waals surface area contributed by atoms with Gasteiger partial charge in [-0.1, -0.05) is 55.9 Å². The number of morpholine rings is 1. The lowest BCUT2D eigenvalue weighted by Gasteiger charge is -2.26. The van der Waals surface area contributed by atoms with Crippen molar-refractivity contribution in [2.75, 3.05) is 32.1 Å². The van der Waals surface area contributed by atoms with Crippen LogP contribution in [-0.2, 0) is 16.1 Å². The summed E-state index contributed by atoms with van der Waals surface area (Å²) in [7, 11) is 0. The molecule has 1 fully saturated rings. The zero-order valence-electron chi connectivity index (χ0n) is 14.7. The molecule has 0 unspecified atom stereocenters. The van der Waals surface area contributed by atoms with Gasteiger partial charge in [0.15, 0.2) is 11.0 Å². The van der Waals surface area contributed by atoms with E-state index in [1.54, 1.807) is 0 Å². The van der Waals surface area contributed by atoms with Crippen molar-refractivity contribution in [2.24, 2.45) is 5.92 Å². The van der Waals surface area contributed by atoms with Gasteiger partial charge < -0.3 is 14.2 Å². The zero-order valence-corrected chi connectivity index (χ0v) is 15.5. The molecule has 0 bridgehead atoms. The van der Waals surface area contributed by atoms with Crippen LogP contribution < -0.4 is 0 Å². The Morgan fingerprint density at radius 3 is 2.60 bits per heavy atom. The first kappa shape index (κ1) is 17.9. The van der Waals surface area contributed by atoms with Crippen molar-refractivity contribution in [3.8, 4) is 11.4 Å². The van der Waals surface area contributed by atoms with Gasteiger partial charge in [0.25, 0.3) is 0 Å². The van der Waals surface area contributed by atoms with Crippen molar-refractivity contribution in [1.29, 1.82) is 0 Å². The van der Waals surface area contributed by atoms with Crippen LogP contribution >= 0.6 is 11.8 Å². The summed E-state index contributed by atoms with van der Waals surface area (Å²) in [5.41, 5.74) is 1.04. The fraction of sp³-hybridized carbons (Fsp3) is 0.500. The topological polar surface area (TPSA) is 60.2 Å². The van der Waals surface area contributed by atoms with Gasteiger partial charge >= 0.3 is 0 Å². The summed E-state index contributed by atoms with van der Waals surface area (Å²) < 4.78 is 7.42.